The predicted molar refractivity (Wildman–Crippen MR) is 62.6 cm³/mol. The molecule has 0 bridgehead atoms. The molecule has 0 spiro atoms. The van der Waals surface area contributed by atoms with Crippen LogP contribution in [0.1, 0.15) is 5.82 Å². The minimum absolute atomic E-state index is 0.0937. The largest absolute Gasteiger partial charge is 0.326 e. The van der Waals surface area contributed by atoms with Gasteiger partial charge in [-0.25, -0.2) is 0 Å². The number of benzene rings is 1. The van der Waals surface area contributed by atoms with Crippen molar-refractivity contribution in [2.24, 2.45) is 7.05 Å². The fourth-order valence-electron chi connectivity index (χ4n) is 1.28. The van der Waals surface area contributed by atoms with Crippen molar-refractivity contribution < 1.29 is 4.79 Å². The van der Waals surface area contributed by atoms with Gasteiger partial charge in [0.25, 0.3) is 0 Å². The van der Waals surface area contributed by atoms with Gasteiger partial charge in [0.15, 0.2) is 5.82 Å². The molecule has 0 fully saturated rings. The topological polar surface area (TPSA) is 72.7 Å². The van der Waals surface area contributed by atoms with Gasteiger partial charge in [-0.2, -0.15) is 4.80 Å². The molecule has 1 N–H and O–H groups in total. The Kier molecular flexibility index (Phi) is 3.34. The molecule has 0 atom stereocenters. The van der Waals surface area contributed by atoms with E-state index in [1.807, 2.05) is 0 Å². The van der Waals surface area contributed by atoms with Gasteiger partial charge in [0, 0.05) is 10.7 Å². The molecule has 88 valence electrons. The molecular formula is C10H10ClN5O. The normalized spacial score (nSPS) is 10.2. The van der Waals surface area contributed by atoms with Gasteiger partial charge < -0.3 is 5.32 Å². The van der Waals surface area contributed by atoms with E-state index >= 15 is 0 Å². The summed E-state index contributed by atoms with van der Waals surface area (Å²) in [6, 6.07) is 6.87. The number of halogens is 1. The zero-order valence-corrected chi connectivity index (χ0v) is 9.85. The third-order valence-electron chi connectivity index (χ3n) is 2.00. The number of carbonyl (C=O) groups is 1. The van der Waals surface area contributed by atoms with Gasteiger partial charge in [0.05, 0.1) is 13.5 Å². The second-order valence-electron chi connectivity index (χ2n) is 3.43. The molecule has 0 unspecified atom stereocenters. The first-order valence-electron chi connectivity index (χ1n) is 4.92. The number of nitrogens with zero attached hydrogens (tertiary/aromatic N) is 4. The summed E-state index contributed by atoms with van der Waals surface area (Å²) in [5.74, 6) is 0.194. The molecule has 17 heavy (non-hydrogen) atoms. The third-order valence-corrected chi connectivity index (χ3v) is 2.25. The summed E-state index contributed by atoms with van der Waals surface area (Å²) < 4.78 is 0. The maximum atomic E-state index is 11.6. The van der Waals surface area contributed by atoms with Crippen molar-refractivity contribution in [3.63, 3.8) is 0 Å². The summed E-state index contributed by atoms with van der Waals surface area (Å²) in [6.07, 6.45) is 0.0937. The molecule has 0 saturated carbocycles. The highest BCUT2D eigenvalue weighted by Gasteiger charge is 2.08. The van der Waals surface area contributed by atoms with Crippen LogP contribution in [-0.4, -0.2) is 26.1 Å². The highest BCUT2D eigenvalue weighted by atomic mass is 35.5. The first-order valence-corrected chi connectivity index (χ1v) is 5.29. The lowest BCUT2D eigenvalue weighted by Gasteiger charge is -2.02. The van der Waals surface area contributed by atoms with Gasteiger partial charge in [0.2, 0.25) is 5.91 Å². The number of amides is 1. The Morgan fingerprint density at radius 3 is 2.71 bits per heavy atom. The van der Waals surface area contributed by atoms with Crippen LogP contribution < -0.4 is 5.32 Å². The lowest BCUT2D eigenvalue weighted by atomic mass is 10.3. The number of hydrogen-bond acceptors (Lipinski definition) is 4. The van der Waals surface area contributed by atoms with Crippen molar-refractivity contribution in [3.8, 4) is 0 Å². The average molecular weight is 252 g/mol. The van der Waals surface area contributed by atoms with E-state index in [0.717, 1.165) is 0 Å². The molecular weight excluding hydrogens is 242 g/mol. The van der Waals surface area contributed by atoms with E-state index in [2.05, 4.69) is 20.7 Å². The minimum Gasteiger partial charge on any atom is -0.326 e. The Balaban J connectivity index is 1.95. The number of hydrogen-bond donors (Lipinski definition) is 1. The summed E-state index contributed by atoms with van der Waals surface area (Å²) in [4.78, 5) is 12.9. The van der Waals surface area contributed by atoms with Crippen LogP contribution in [0.4, 0.5) is 5.69 Å². The van der Waals surface area contributed by atoms with Crippen LogP contribution in [0.3, 0.4) is 0 Å². The van der Waals surface area contributed by atoms with Crippen molar-refractivity contribution in [1.29, 1.82) is 0 Å². The number of tetrazole rings is 1. The van der Waals surface area contributed by atoms with Crippen molar-refractivity contribution in [3.05, 3.63) is 35.1 Å². The highest BCUT2D eigenvalue weighted by molar-refractivity contribution is 6.30. The predicted octanol–water partition coefficient (Wildman–Crippen LogP) is 1.04. The molecule has 0 aliphatic carbocycles. The van der Waals surface area contributed by atoms with Crippen molar-refractivity contribution in [1.82, 2.24) is 20.2 Å². The molecule has 1 aromatic heterocycles. The van der Waals surface area contributed by atoms with Crippen LogP contribution in [0.15, 0.2) is 24.3 Å². The molecule has 0 aliphatic rings. The maximum Gasteiger partial charge on any atom is 0.232 e. The van der Waals surface area contributed by atoms with E-state index in [1.54, 1.807) is 31.3 Å². The van der Waals surface area contributed by atoms with Crippen LogP contribution in [-0.2, 0) is 18.3 Å². The van der Waals surface area contributed by atoms with Crippen LogP contribution in [0.5, 0.6) is 0 Å². The van der Waals surface area contributed by atoms with Crippen molar-refractivity contribution in [2.45, 2.75) is 6.42 Å². The summed E-state index contributed by atoms with van der Waals surface area (Å²) in [7, 11) is 1.65. The van der Waals surface area contributed by atoms with Crippen LogP contribution >= 0.6 is 11.6 Å². The number of carbonyl (C=O) groups excluding carboxylic acids is 1. The third kappa shape index (κ3) is 3.25. The second kappa shape index (κ2) is 4.92. The molecule has 1 amide bonds. The van der Waals surface area contributed by atoms with Gasteiger partial charge >= 0.3 is 0 Å². The van der Waals surface area contributed by atoms with Crippen molar-refractivity contribution >= 4 is 23.2 Å². The molecule has 0 aliphatic heterocycles. The lowest BCUT2D eigenvalue weighted by Crippen LogP contribution is -2.15. The molecule has 0 saturated heterocycles. The van der Waals surface area contributed by atoms with Crippen LogP contribution in [0.2, 0.25) is 5.02 Å². The van der Waals surface area contributed by atoms with Gasteiger partial charge in [-0.15, -0.1) is 10.2 Å². The molecule has 1 aromatic carbocycles. The molecule has 2 aromatic rings. The Morgan fingerprint density at radius 2 is 2.12 bits per heavy atom. The van der Waals surface area contributed by atoms with E-state index < -0.39 is 0 Å². The molecule has 0 radical (unpaired) electrons. The Labute approximate surface area is 103 Å². The van der Waals surface area contributed by atoms with E-state index in [1.165, 1.54) is 4.80 Å². The molecule has 7 heteroatoms. The van der Waals surface area contributed by atoms with Crippen LogP contribution in [0.25, 0.3) is 0 Å². The van der Waals surface area contributed by atoms with Crippen molar-refractivity contribution in [2.75, 3.05) is 5.32 Å². The number of rotatable bonds is 3. The summed E-state index contributed by atoms with van der Waals surface area (Å²) in [5, 5.41) is 14.6. The Bertz CT molecular complexity index is 522. The Morgan fingerprint density at radius 1 is 1.41 bits per heavy atom. The highest BCUT2D eigenvalue weighted by Crippen LogP contribution is 2.13. The zero-order valence-electron chi connectivity index (χ0n) is 9.09. The monoisotopic (exact) mass is 251 g/mol. The zero-order chi connectivity index (χ0) is 12.3. The maximum absolute atomic E-state index is 11.6. The summed E-state index contributed by atoms with van der Waals surface area (Å²) >= 11 is 5.74. The van der Waals surface area contributed by atoms with Gasteiger partial charge in [0.1, 0.15) is 0 Å². The molecule has 1 heterocycles. The first-order chi connectivity index (χ1) is 8.13. The number of anilines is 1. The fourth-order valence-corrected chi connectivity index (χ4v) is 1.40. The quantitative estimate of drug-likeness (QED) is 0.885. The minimum atomic E-state index is -0.194. The van der Waals surface area contributed by atoms with Gasteiger partial charge in [-0.05, 0) is 29.5 Å². The molecule has 6 nitrogen and oxygen atoms in total. The van der Waals surface area contributed by atoms with E-state index in [9.17, 15) is 4.79 Å². The molecule has 2 rings (SSSR count). The van der Waals surface area contributed by atoms with Crippen LogP contribution in [0, 0.1) is 0 Å². The smallest absolute Gasteiger partial charge is 0.232 e. The Hall–Kier alpha value is -1.95. The number of aryl methyl sites for hydroxylation is 1. The standard InChI is InChI=1S/C10H10ClN5O/c1-16-14-9(13-15-16)6-10(17)12-8-4-2-7(11)3-5-8/h2-5H,6H2,1H3,(H,12,17). The first kappa shape index (κ1) is 11.5. The summed E-state index contributed by atoms with van der Waals surface area (Å²) in [5.41, 5.74) is 0.684. The van der Waals surface area contributed by atoms with E-state index in [0.29, 0.717) is 16.5 Å². The van der Waals surface area contributed by atoms with E-state index in [4.69, 9.17) is 11.6 Å². The lowest BCUT2D eigenvalue weighted by molar-refractivity contribution is -0.115. The van der Waals surface area contributed by atoms with Gasteiger partial charge in [-0.1, -0.05) is 11.6 Å². The van der Waals surface area contributed by atoms with E-state index in [-0.39, 0.29) is 12.3 Å². The number of aromatic nitrogens is 4. The number of nitrogens with one attached hydrogen (secondary N) is 1. The van der Waals surface area contributed by atoms with Gasteiger partial charge in [-0.3, -0.25) is 4.79 Å². The SMILES string of the molecule is Cn1nnc(CC(=O)Nc2ccc(Cl)cc2)n1. The second-order valence-corrected chi connectivity index (χ2v) is 3.86. The average Bonchev–Trinajstić information content (AvgIpc) is 2.67. The summed E-state index contributed by atoms with van der Waals surface area (Å²) in [6.45, 7) is 0. The fraction of sp³-hybridized carbons (Fsp3) is 0.200.